The van der Waals surface area contributed by atoms with E-state index in [1.165, 1.54) is 0 Å². The Morgan fingerprint density at radius 3 is 2.72 bits per heavy atom. The van der Waals surface area contributed by atoms with Crippen LogP contribution in [-0.4, -0.2) is 40.1 Å². The number of hydrogen-bond donors (Lipinski definition) is 1. The minimum absolute atomic E-state index is 0.108. The summed E-state index contributed by atoms with van der Waals surface area (Å²) in [5, 5.41) is 12.8. The van der Waals surface area contributed by atoms with E-state index in [1.54, 1.807) is 18.2 Å². The Morgan fingerprint density at radius 2 is 2.08 bits per heavy atom. The molecule has 1 aromatic carbocycles. The Hall–Kier alpha value is -2.34. The Bertz CT molecular complexity index is 757. The molecule has 1 amide bonds. The molecule has 2 aromatic rings. The minimum atomic E-state index is -0.919. The van der Waals surface area contributed by atoms with E-state index in [4.69, 9.17) is 21.2 Å². The van der Waals surface area contributed by atoms with Crippen molar-refractivity contribution >= 4 is 23.5 Å². The van der Waals surface area contributed by atoms with Crippen molar-refractivity contribution in [3.63, 3.8) is 0 Å². The minimum Gasteiger partial charge on any atom is -0.478 e. The summed E-state index contributed by atoms with van der Waals surface area (Å²) in [4.78, 5) is 25.1. The van der Waals surface area contributed by atoms with Gasteiger partial charge in [0.1, 0.15) is 5.76 Å². The lowest BCUT2D eigenvalue weighted by Crippen LogP contribution is -2.29. The molecule has 1 fully saturated rings. The van der Waals surface area contributed by atoms with Gasteiger partial charge in [0.25, 0.3) is 0 Å². The van der Waals surface area contributed by atoms with Crippen molar-refractivity contribution in [3.05, 3.63) is 52.4 Å². The van der Waals surface area contributed by atoms with Crippen LogP contribution in [0.1, 0.15) is 34.5 Å². The second-order valence-corrected chi connectivity index (χ2v) is 6.70. The summed E-state index contributed by atoms with van der Waals surface area (Å²) in [7, 11) is 0. The summed E-state index contributed by atoms with van der Waals surface area (Å²) in [6.07, 6.45) is 2.68. The van der Waals surface area contributed by atoms with E-state index in [0.29, 0.717) is 35.2 Å². The number of aromatic carboxylic acids is 1. The van der Waals surface area contributed by atoms with Gasteiger partial charge in [-0.3, -0.25) is 4.79 Å². The number of aryl methyl sites for hydroxylation is 1. The number of carbonyl (C=O) groups excluding carboxylic acids is 1. The number of halogens is 1. The molecule has 0 spiro atoms. The van der Waals surface area contributed by atoms with Crippen molar-refractivity contribution in [1.29, 1.82) is 0 Å². The number of aromatic nitrogens is 1. The van der Waals surface area contributed by atoms with Gasteiger partial charge in [-0.2, -0.15) is 0 Å². The van der Waals surface area contributed by atoms with Gasteiger partial charge in [0, 0.05) is 32.0 Å². The summed E-state index contributed by atoms with van der Waals surface area (Å²) in [6.45, 7) is 1.49. The molecular formula is C18H19ClN2O4. The molecule has 1 aromatic heterocycles. The Balaban J connectivity index is 1.47. The highest BCUT2D eigenvalue weighted by molar-refractivity contribution is 6.29. The van der Waals surface area contributed by atoms with Crippen molar-refractivity contribution in [1.82, 2.24) is 10.1 Å². The topological polar surface area (TPSA) is 83.6 Å². The van der Waals surface area contributed by atoms with Gasteiger partial charge in [-0.05, 0) is 36.5 Å². The fourth-order valence-corrected chi connectivity index (χ4v) is 3.29. The first-order valence-corrected chi connectivity index (χ1v) is 8.60. The average molecular weight is 363 g/mol. The number of nitrogens with zero attached hydrogens (tertiary/aromatic N) is 2. The molecule has 1 saturated heterocycles. The molecule has 1 N–H and O–H groups in total. The van der Waals surface area contributed by atoms with Gasteiger partial charge in [-0.15, -0.1) is 0 Å². The summed E-state index contributed by atoms with van der Waals surface area (Å²) in [6, 6.07) is 8.57. The molecule has 6 nitrogen and oxygen atoms in total. The molecule has 1 atom stereocenters. The van der Waals surface area contributed by atoms with Gasteiger partial charge >= 0.3 is 5.97 Å². The smallest absolute Gasteiger partial charge is 0.335 e. The molecular weight excluding hydrogens is 344 g/mol. The highest BCUT2D eigenvalue weighted by atomic mass is 35.5. The maximum absolute atomic E-state index is 12.3. The summed E-state index contributed by atoms with van der Waals surface area (Å²) >= 11 is 5.69. The van der Waals surface area contributed by atoms with Crippen LogP contribution in [0.4, 0.5) is 0 Å². The van der Waals surface area contributed by atoms with Gasteiger partial charge in [-0.1, -0.05) is 28.9 Å². The standard InChI is InChI=1S/C18H19ClN2O4/c19-16-10-15(25-20-16)5-6-17(22)21-8-7-13(11-21)9-12-1-3-14(4-2-12)18(23)24/h1-4,10,13H,5-9,11H2,(H,23,24)/t13-/m0/s1. The molecule has 25 heavy (non-hydrogen) atoms. The van der Waals surface area contributed by atoms with Crippen molar-refractivity contribution in [3.8, 4) is 0 Å². The van der Waals surface area contributed by atoms with E-state index in [2.05, 4.69) is 5.16 Å². The Kier molecular flexibility index (Phi) is 5.38. The lowest BCUT2D eigenvalue weighted by molar-refractivity contribution is -0.130. The second-order valence-electron chi connectivity index (χ2n) is 6.32. The molecule has 0 unspecified atom stereocenters. The van der Waals surface area contributed by atoms with Crippen LogP contribution in [0.2, 0.25) is 5.15 Å². The van der Waals surface area contributed by atoms with E-state index in [9.17, 15) is 9.59 Å². The highest BCUT2D eigenvalue weighted by Crippen LogP contribution is 2.22. The van der Waals surface area contributed by atoms with Crippen LogP contribution in [0.3, 0.4) is 0 Å². The van der Waals surface area contributed by atoms with E-state index >= 15 is 0 Å². The summed E-state index contributed by atoms with van der Waals surface area (Å²) < 4.78 is 5.01. The second kappa shape index (κ2) is 7.70. The SMILES string of the molecule is O=C(O)c1ccc(C[C@@H]2CCN(C(=O)CCc3cc(Cl)no3)C2)cc1. The molecule has 0 bridgehead atoms. The maximum atomic E-state index is 12.3. The van der Waals surface area contributed by atoms with Gasteiger partial charge in [0.15, 0.2) is 5.15 Å². The Labute approximate surface area is 150 Å². The van der Waals surface area contributed by atoms with E-state index in [-0.39, 0.29) is 5.91 Å². The van der Waals surface area contributed by atoms with E-state index in [1.807, 2.05) is 17.0 Å². The number of carboxylic acid groups (broad SMARTS) is 1. The lowest BCUT2D eigenvalue weighted by Gasteiger charge is -2.16. The van der Waals surface area contributed by atoms with Crippen LogP contribution in [0.25, 0.3) is 0 Å². The lowest BCUT2D eigenvalue weighted by atomic mass is 9.98. The molecule has 7 heteroatoms. The van der Waals surface area contributed by atoms with Crippen LogP contribution < -0.4 is 0 Å². The van der Waals surface area contributed by atoms with Gasteiger partial charge in [0.05, 0.1) is 5.56 Å². The van der Waals surface area contributed by atoms with Crippen molar-refractivity contribution in [2.45, 2.75) is 25.7 Å². The molecule has 132 valence electrons. The van der Waals surface area contributed by atoms with Crippen molar-refractivity contribution < 1.29 is 19.2 Å². The third-order valence-electron chi connectivity index (χ3n) is 4.48. The van der Waals surface area contributed by atoms with Crippen LogP contribution in [-0.2, 0) is 17.6 Å². The van der Waals surface area contributed by atoms with E-state index in [0.717, 1.165) is 31.5 Å². The molecule has 1 aliphatic rings. The average Bonchev–Trinajstić information content (AvgIpc) is 3.22. The number of benzene rings is 1. The fraction of sp³-hybridized carbons (Fsp3) is 0.389. The number of likely N-dealkylation sites (tertiary alicyclic amines) is 1. The summed E-state index contributed by atoms with van der Waals surface area (Å²) in [5.41, 5.74) is 1.39. The summed E-state index contributed by atoms with van der Waals surface area (Å²) in [5.74, 6) is 0.209. The predicted octanol–water partition coefficient (Wildman–Crippen LogP) is 3.05. The number of hydrogen-bond acceptors (Lipinski definition) is 4. The van der Waals surface area contributed by atoms with Crippen molar-refractivity contribution in [2.24, 2.45) is 5.92 Å². The highest BCUT2D eigenvalue weighted by Gasteiger charge is 2.26. The maximum Gasteiger partial charge on any atom is 0.335 e. The fourth-order valence-electron chi connectivity index (χ4n) is 3.14. The number of carbonyl (C=O) groups is 2. The first-order chi connectivity index (χ1) is 12.0. The molecule has 3 rings (SSSR count). The number of rotatable bonds is 6. The zero-order valence-electron chi connectivity index (χ0n) is 13.7. The van der Waals surface area contributed by atoms with E-state index < -0.39 is 5.97 Å². The van der Waals surface area contributed by atoms with Gasteiger partial charge in [-0.25, -0.2) is 4.79 Å². The molecule has 0 saturated carbocycles. The van der Waals surface area contributed by atoms with Crippen LogP contribution in [0, 0.1) is 5.92 Å². The predicted molar refractivity (Wildman–Crippen MR) is 91.6 cm³/mol. The normalized spacial score (nSPS) is 17.0. The molecule has 2 heterocycles. The first-order valence-electron chi connectivity index (χ1n) is 8.22. The number of amides is 1. The zero-order valence-corrected chi connectivity index (χ0v) is 14.4. The van der Waals surface area contributed by atoms with Crippen LogP contribution in [0.5, 0.6) is 0 Å². The third-order valence-corrected chi connectivity index (χ3v) is 4.66. The van der Waals surface area contributed by atoms with Gasteiger partial charge < -0.3 is 14.5 Å². The zero-order chi connectivity index (χ0) is 17.8. The molecule has 0 aliphatic carbocycles. The first kappa shape index (κ1) is 17.5. The van der Waals surface area contributed by atoms with Crippen LogP contribution in [0.15, 0.2) is 34.9 Å². The number of carboxylic acids is 1. The molecule has 0 radical (unpaired) electrons. The van der Waals surface area contributed by atoms with Gasteiger partial charge in [0.2, 0.25) is 5.91 Å². The quantitative estimate of drug-likeness (QED) is 0.853. The van der Waals surface area contributed by atoms with Crippen molar-refractivity contribution in [2.75, 3.05) is 13.1 Å². The van der Waals surface area contributed by atoms with Crippen LogP contribution >= 0.6 is 11.6 Å². The molecule has 1 aliphatic heterocycles. The monoisotopic (exact) mass is 362 g/mol. The largest absolute Gasteiger partial charge is 0.478 e. The third kappa shape index (κ3) is 4.60. The Morgan fingerprint density at radius 1 is 1.32 bits per heavy atom.